The molecule has 1 aromatic carbocycles. The zero-order chi connectivity index (χ0) is 24.7. The van der Waals surface area contributed by atoms with E-state index in [0.717, 1.165) is 22.0 Å². The fourth-order valence-corrected chi connectivity index (χ4v) is 4.15. The Labute approximate surface area is 197 Å². The van der Waals surface area contributed by atoms with Gasteiger partial charge in [0.1, 0.15) is 12.0 Å². The van der Waals surface area contributed by atoms with E-state index in [1.54, 1.807) is 24.3 Å². The molecule has 4 aromatic rings. The van der Waals surface area contributed by atoms with E-state index in [0.29, 0.717) is 29.7 Å². The van der Waals surface area contributed by atoms with Crippen molar-refractivity contribution in [2.45, 2.75) is 45.6 Å². The van der Waals surface area contributed by atoms with Gasteiger partial charge in [-0.15, -0.1) is 0 Å². The number of halogens is 3. The smallest absolute Gasteiger partial charge is 0.422 e. The first-order valence-corrected chi connectivity index (χ1v) is 11.1. The molecule has 0 spiro atoms. The molecule has 0 aliphatic carbocycles. The molecule has 12 heteroatoms. The van der Waals surface area contributed by atoms with E-state index < -0.39 is 17.9 Å². The summed E-state index contributed by atoms with van der Waals surface area (Å²) >= 11 is 0. The van der Waals surface area contributed by atoms with E-state index in [4.69, 9.17) is 4.74 Å². The van der Waals surface area contributed by atoms with Crippen molar-refractivity contribution in [3.05, 3.63) is 59.7 Å². The standard InChI is InChI=1S/C23H22F3N7O2/c1-3-32-18(23(24,25)26)10-19(31-32)30-22(34)33-17-7-5-4-6-14(17)9-20(33)35-21-15-8-13(2)27-11-16(15)28-12-29-21/h4-7,9-10,12-13,27H,3,8,11H2,1-2H3,(H,30,31,34)/t13-/m0/s1. The third-order valence-corrected chi connectivity index (χ3v) is 5.81. The normalized spacial score (nSPS) is 15.7. The van der Waals surface area contributed by atoms with Crippen molar-refractivity contribution in [2.75, 3.05) is 5.32 Å². The van der Waals surface area contributed by atoms with Crippen molar-refractivity contribution in [1.82, 2.24) is 29.6 Å². The number of amides is 1. The van der Waals surface area contributed by atoms with Crippen LogP contribution in [0.25, 0.3) is 10.9 Å². The van der Waals surface area contributed by atoms with Gasteiger partial charge in [0, 0.05) is 42.2 Å². The molecule has 3 aromatic heterocycles. The van der Waals surface area contributed by atoms with Gasteiger partial charge in [0.15, 0.2) is 5.82 Å². The van der Waals surface area contributed by atoms with Gasteiger partial charge >= 0.3 is 12.2 Å². The van der Waals surface area contributed by atoms with Gasteiger partial charge in [0.05, 0.1) is 11.2 Å². The average molecular weight is 485 g/mol. The average Bonchev–Trinajstić information content (AvgIpc) is 3.40. The number of nitrogens with zero attached hydrogens (tertiary/aromatic N) is 5. The lowest BCUT2D eigenvalue weighted by Gasteiger charge is -2.23. The maximum atomic E-state index is 13.3. The van der Waals surface area contributed by atoms with E-state index in [1.807, 2.05) is 13.0 Å². The number of benzene rings is 1. The predicted octanol–water partition coefficient (Wildman–Crippen LogP) is 4.57. The Morgan fingerprint density at radius 3 is 2.80 bits per heavy atom. The number of anilines is 1. The SMILES string of the molecule is CCn1nc(NC(=O)n2c(Oc3ncnc4c3C[C@H](C)NC4)cc3ccccc32)cc1C(F)(F)F. The third-order valence-electron chi connectivity index (χ3n) is 5.81. The minimum Gasteiger partial charge on any atom is -0.422 e. The Morgan fingerprint density at radius 1 is 1.26 bits per heavy atom. The number of ether oxygens (including phenoxy) is 1. The summed E-state index contributed by atoms with van der Waals surface area (Å²) in [5.41, 5.74) is 1.22. The molecule has 1 amide bonds. The number of aromatic nitrogens is 5. The topological polar surface area (TPSA) is 98.9 Å². The van der Waals surface area contributed by atoms with Crippen molar-refractivity contribution in [3.63, 3.8) is 0 Å². The molecule has 1 aliphatic heterocycles. The minimum absolute atomic E-state index is 0.00235. The third kappa shape index (κ3) is 4.32. The first-order valence-electron chi connectivity index (χ1n) is 11.1. The number of nitrogens with one attached hydrogen (secondary N) is 2. The van der Waals surface area contributed by atoms with Gasteiger partial charge in [-0.2, -0.15) is 18.3 Å². The van der Waals surface area contributed by atoms with Crippen molar-refractivity contribution in [1.29, 1.82) is 0 Å². The van der Waals surface area contributed by atoms with E-state index in [2.05, 4.69) is 25.7 Å². The van der Waals surface area contributed by atoms with E-state index >= 15 is 0 Å². The molecule has 0 unspecified atom stereocenters. The zero-order valence-electron chi connectivity index (χ0n) is 18.9. The van der Waals surface area contributed by atoms with E-state index in [1.165, 1.54) is 17.8 Å². The molecule has 5 rings (SSSR count). The molecule has 35 heavy (non-hydrogen) atoms. The van der Waals surface area contributed by atoms with Crippen molar-refractivity contribution >= 4 is 22.8 Å². The molecule has 4 heterocycles. The summed E-state index contributed by atoms with van der Waals surface area (Å²) in [6.45, 7) is 4.14. The predicted molar refractivity (Wildman–Crippen MR) is 121 cm³/mol. The summed E-state index contributed by atoms with van der Waals surface area (Å²) in [6, 6.07) is 9.06. The Morgan fingerprint density at radius 2 is 2.06 bits per heavy atom. The Kier molecular flexibility index (Phi) is 5.67. The highest BCUT2D eigenvalue weighted by Gasteiger charge is 2.36. The van der Waals surface area contributed by atoms with Crippen LogP contribution >= 0.6 is 0 Å². The van der Waals surface area contributed by atoms with Crippen LogP contribution < -0.4 is 15.4 Å². The largest absolute Gasteiger partial charge is 0.433 e. The number of para-hydroxylation sites is 1. The second kappa shape index (κ2) is 8.69. The van der Waals surface area contributed by atoms with Crippen LogP contribution in [0.2, 0.25) is 0 Å². The number of carbonyl (C=O) groups is 1. The lowest BCUT2D eigenvalue weighted by atomic mass is 10.0. The highest BCUT2D eigenvalue weighted by Crippen LogP contribution is 2.33. The van der Waals surface area contributed by atoms with Crippen LogP contribution in [0.5, 0.6) is 11.8 Å². The van der Waals surface area contributed by atoms with E-state index in [9.17, 15) is 18.0 Å². The van der Waals surface area contributed by atoms with Crippen LogP contribution in [-0.4, -0.2) is 36.4 Å². The highest BCUT2D eigenvalue weighted by molar-refractivity contribution is 6.00. The van der Waals surface area contributed by atoms with Crippen LogP contribution in [-0.2, 0) is 25.7 Å². The second-order valence-corrected chi connectivity index (χ2v) is 8.23. The molecule has 0 bridgehead atoms. The van der Waals surface area contributed by atoms with Crippen LogP contribution in [0.3, 0.4) is 0 Å². The van der Waals surface area contributed by atoms with Gasteiger partial charge < -0.3 is 10.1 Å². The van der Waals surface area contributed by atoms with Crippen molar-refractivity contribution in [3.8, 4) is 11.8 Å². The van der Waals surface area contributed by atoms with Gasteiger partial charge in [-0.3, -0.25) is 10.00 Å². The summed E-state index contributed by atoms with van der Waals surface area (Å²) < 4.78 is 48.1. The quantitative estimate of drug-likeness (QED) is 0.439. The van der Waals surface area contributed by atoms with Gasteiger partial charge in [0.25, 0.3) is 0 Å². The lowest BCUT2D eigenvalue weighted by Crippen LogP contribution is -2.34. The Bertz CT molecular complexity index is 1410. The van der Waals surface area contributed by atoms with Crippen molar-refractivity contribution in [2.24, 2.45) is 0 Å². The molecule has 0 saturated carbocycles. The molecular weight excluding hydrogens is 463 g/mol. The molecular formula is C23H22F3N7O2. The fourth-order valence-electron chi connectivity index (χ4n) is 4.15. The summed E-state index contributed by atoms with van der Waals surface area (Å²) in [7, 11) is 0. The number of fused-ring (bicyclic) bond motifs is 2. The first kappa shape index (κ1) is 22.8. The van der Waals surface area contributed by atoms with Gasteiger partial charge in [0.2, 0.25) is 11.8 Å². The van der Waals surface area contributed by atoms with Gasteiger partial charge in [-0.05, 0) is 26.3 Å². The number of aryl methyl sites for hydroxylation is 1. The molecule has 1 aliphatic rings. The number of alkyl halides is 3. The molecule has 1 atom stereocenters. The maximum Gasteiger partial charge on any atom is 0.433 e. The number of hydrogen-bond acceptors (Lipinski definition) is 6. The molecule has 0 radical (unpaired) electrons. The maximum absolute atomic E-state index is 13.3. The van der Waals surface area contributed by atoms with E-state index in [-0.39, 0.29) is 24.3 Å². The fraction of sp³-hybridized carbons (Fsp3) is 0.304. The monoisotopic (exact) mass is 485 g/mol. The molecule has 0 saturated heterocycles. The highest BCUT2D eigenvalue weighted by atomic mass is 19.4. The molecule has 0 fully saturated rings. The number of carbonyl (C=O) groups excluding carboxylic acids is 1. The first-order chi connectivity index (χ1) is 16.7. The number of hydrogen-bond donors (Lipinski definition) is 2. The minimum atomic E-state index is -4.60. The Balaban J connectivity index is 1.52. The van der Waals surface area contributed by atoms with Crippen LogP contribution in [0.15, 0.2) is 42.7 Å². The lowest BCUT2D eigenvalue weighted by molar-refractivity contribution is -0.144. The van der Waals surface area contributed by atoms with Crippen LogP contribution in [0.1, 0.15) is 30.8 Å². The summed E-state index contributed by atoms with van der Waals surface area (Å²) in [4.78, 5) is 21.9. The summed E-state index contributed by atoms with van der Waals surface area (Å²) in [5, 5.41) is 10.4. The summed E-state index contributed by atoms with van der Waals surface area (Å²) in [5.74, 6) is 0.281. The van der Waals surface area contributed by atoms with Gasteiger partial charge in [-0.1, -0.05) is 18.2 Å². The van der Waals surface area contributed by atoms with Crippen LogP contribution in [0.4, 0.5) is 23.8 Å². The Hall–Kier alpha value is -3.93. The number of rotatable bonds is 4. The van der Waals surface area contributed by atoms with Crippen molar-refractivity contribution < 1.29 is 22.7 Å². The van der Waals surface area contributed by atoms with Gasteiger partial charge in [-0.25, -0.2) is 19.3 Å². The molecule has 2 N–H and O–H groups in total. The zero-order valence-corrected chi connectivity index (χ0v) is 18.9. The second-order valence-electron chi connectivity index (χ2n) is 8.23. The summed E-state index contributed by atoms with van der Waals surface area (Å²) in [6.07, 6.45) is -2.56. The molecule has 182 valence electrons. The van der Waals surface area contributed by atoms with Crippen LogP contribution in [0, 0.1) is 0 Å². The molecule has 9 nitrogen and oxygen atoms in total.